The molecular formula is C22H28N2O2. The van der Waals surface area contributed by atoms with Gasteiger partial charge in [-0.05, 0) is 68.1 Å². The van der Waals surface area contributed by atoms with E-state index in [9.17, 15) is 4.79 Å². The molecule has 1 amide bonds. The van der Waals surface area contributed by atoms with E-state index in [0.29, 0.717) is 0 Å². The normalized spacial score (nSPS) is 14.5. The largest absolute Gasteiger partial charge is 0.484 e. The van der Waals surface area contributed by atoms with E-state index in [1.165, 1.54) is 16.8 Å². The molecule has 2 aromatic rings. The van der Waals surface area contributed by atoms with Crippen LogP contribution in [0.5, 0.6) is 5.75 Å². The molecule has 1 fully saturated rings. The van der Waals surface area contributed by atoms with Crippen molar-refractivity contribution in [2.45, 2.75) is 27.7 Å². The zero-order chi connectivity index (χ0) is 18.7. The second kappa shape index (κ2) is 7.81. The summed E-state index contributed by atoms with van der Waals surface area (Å²) in [5, 5.41) is 0. The van der Waals surface area contributed by atoms with Crippen LogP contribution in [-0.2, 0) is 4.79 Å². The van der Waals surface area contributed by atoms with Crippen molar-refractivity contribution in [2.75, 3.05) is 37.7 Å². The van der Waals surface area contributed by atoms with Gasteiger partial charge in [0, 0.05) is 31.9 Å². The highest BCUT2D eigenvalue weighted by Crippen LogP contribution is 2.24. The molecule has 1 saturated heterocycles. The summed E-state index contributed by atoms with van der Waals surface area (Å²) < 4.78 is 5.72. The third-order valence-corrected chi connectivity index (χ3v) is 5.11. The van der Waals surface area contributed by atoms with E-state index in [1.807, 2.05) is 30.9 Å². The first-order valence-corrected chi connectivity index (χ1v) is 9.24. The van der Waals surface area contributed by atoms with E-state index >= 15 is 0 Å². The summed E-state index contributed by atoms with van der Waals surface area (Å²) in [6.07, 6.45) is 0. The van der Waals surface area contributed by atoms with Crippen LogP contribution in [0.1, 0.15) is 22.3 Å². The van der Waals surface area contributed by atoms with Crippen molar-refractivity contribution in [1.82, 2.24) is 4.90 Å². The number of piperazine rings is 1. The molecule has 0 unspecified atom stereocenters. The van der Waals surface area contributed by atoms with Crippen LogP contribution >= 0.6 is 0 Å². The number of carbonyl (C=O) groups excluding carboxylic acids is 1. The van der Waals surface area contributed by atoms with Gasteiger partial charge < -0.3 is 14.5 Å². The highest BCUT2D eigenvalue weighted by Gasteiger charge is 2.22. The molecule has 4 nitrogen and oxygen atoms in total. The van der Waals surface area contributed by atoms with Gasteiger partial charge >= 0.3 is 0 Å². The summed E-state index contributed by atoms with van der Waals surface area (Å²) in [7, 11) is 0. The van der Waals surface area contributed by atoms with Crippen molar-refractivity contribution < 1.29 is 9.53 Å². The number of carbonyl (C=O) groups is 1. The summed E-state index contributed by atoms with van der Waals surface area (Å²) in [5.74, 6) is 0.828. The number of ether oxygens (including phenoxy) is 1. The maximum absolute atomic E-state index is 12.5. The molecule has 2 aromatic carbocycles. The fraction of sp³-hybridized carbons (Fsp3) is 0.409. The molecular weight excluding hydrogens is 324 g/mol. The molecule has 138 valence electrons. The van der Waals surface area contributed by atoms with Crippen molar-refractivity contribution in [3.8, 4) is 5.75 Å². The number of nitrogens with zero attached hydrogens (tertiary/aromatic N) is 2. The lowest BCUT2D eigenvalue weighted by atomic mass is 10.1. The Hall–Kier alpha value is -2.49. The monoisotopic (exact) mass is 352 g/mol. The molecule has 0 bridgehead atoms. The fourth-order valence-electron chi connectivity index (χ4n) is 3.53. The van der Waals surface area contributed by atoms with Crippen molar-refractivity contribution in [3.05, 3.63) is 58.7 Å². The predicted molar refractivity (Wildman–Crippen MR) is 106 cm³/mol. The number of aryl methyl sites for hydroxylation is 3. The Morgan fingerprint density at radius 2 is 1.62 bits per heavy atom. The minimum Gasteiger partial charge on any atom is -0.484 e. The van der Waals surface area contributed by atoms with Gasteiger partial charge in [0.15, 0.2) is 6.61 Å². The molecule has 0 aromatic heterocycles. The summed E-state index contributed by atoms with van der Waals surface area (Å²) in [5.41, 5.74) is 6.21. The Balaban J connectivity index is 1.54. The maximum Gasteiger partial charge on any atom is 0.260 e. The van der Waals surface area contributed by atoms with Gasteiger partial charge in [0.25, 0.3) is 5.91 Å². The second-order valence-electron chi connectivity index (χ2n) is 7.20. The van der Waals surface area contributed by atoms with Crippen LogP contribution in [0.2, 0.25) is 0 Å². The van der Waals surface area contributed by atoms with E-state index in [4.69, 9.17) is 4.74 Å². The van der Waals surface area contributed by atoms with E-state index in [1.54, 1.807) is 0 Å². The highest BCUT2D eigenvalue weighted by atomic mass is 16.5. The van der Waals surface area contributed by atoms with Crippen LogP contribution in [0.3, 0.4) is 0 Å². The Labute approximate surface area is 156 Å². The lowest BCUT2D eigenvalue weighted by Gasteiger charge is -2.37. The van der Waals surface area contributed by atoms with Crippen LogP contribution in [0, 0.1) is 27.7 Å². The average molecular weight is 352 g/mol. The minimum atomic E-state index is 0.0600. The fourth-order valence-corrected chi connectivity index (χ4v) is 3.53. The summed E-state index contributed by atoms with van der Waals surface area (Å²) in [4.78, 5) is 16.8. The van der Waals surface area contributed by atoms with Crippen LogP contribution in [0.25, 0.3) is 0 Å². The Morgan fingerprint density at radius 1 is 0.962 bits per heavy atom. The summed E-state index contributed by atoms with van der Waals surface area (Å²) in [6.45, 7) is 11.7. The summed E-state index contributed by atoms with van der Waals surface area (Å²) in [6, 6.07) is 12.5. The van der Waals surface area contributed by atoms with Gasteiger partial charge in [-0.15, -0.1) is 0 Å². The lowest BCUT2D eigenvalue weighted by Crippen LogP contribution is -2.50. The molecule has 1 heterocycles. The number of rotatable bonds is 4. The average Bonchev–Trinajstić information content (AvgIpc) is 2.61. The summed E-state index contributed by atoms with van der Waals surface area (Å²) >= 11 is 0. The standard InChI is InChI=1S/C22H28N2O2/c1-16-12-17(2)14-20(13-16)26-15-22(25)24-10-8-23(9-11-24)21-7-5-6-18(3)19(21)4/h5-7,12-14H,8-11,15H2,1-4H3. The van der Waals surface area contributed by atoms with Gasteiger partial charge in [0.2, 0.25) is 0 Å². The number of amides is 1. The van der Waals surface area contributed by atoms with E-state index in [-0.39, 0.29) is 12.5 Å². The predicted octanol–water partition coefficient (Wildman–Crippen LogP) is 3.65. The molecule has 26 heavy (non-hydrogen) atoms. The van der Waals surface area contributed by atoms with E-state index in [0.717, 1.165) is 43.1 Å². The van der Waals surface area contributed by atoms with Gasteiger partial charge in [-0.25, -0.2) is 0 Å². The molecule has 0 spiro atoms. The number of hydrogen-bond acceptors (Lipinski definition) is 3. The zero-order valence-corrected chi connectivity index (χ0v) is 16.2. The Morgan fingerprint density at radius 3 is 2.27 bits per heavy atom. The quantitative estimate of drug-likeness (QED) is 0.842. The first-order chi connectivity index (χ1) is 12.4. The second-order valence-corrected chi connectivity index (χ2v) is 7.20. The SMILES string of the molecule is Cc1cc(C)cc(OCC(=O)N2CCN(c3cccc(C)c3C)CC2)c1. The third kappa shape index (κ3) is 4.18. The third-order valence-electron chi connectivity index (χ3n) is 5.11. The highest BCUT2D eigenvalue weighted by molar-refractivity contribution is 5.78. The first kappa shape index (κ1) is 18.3. The van der Waals surface area contributed by atoms with Crippen LogP contribution in [0.4, 0.5) is 5.69 Å². The van der Waals surface area contributed by atoms with Gasteiger partial charge in [-0.2, -0.15) is 0 Å². The van der Waals surface area contributed by atoms with Gasteiger partial charge in [-0.3, -0.25) is 4.79 Å². The molecule has 1 aliphatic rings. The van der Waals surface area contributed by atoms with Crippen molar-refractivity contribution >= 4 is 11.6 Å². The smallest absolute Gasteiger partial charge is 0.260 e. The van der Waals surface area contributed by atoms with Crippen molar-refractivity contribution in [1.29, 1.82) is 0 Å². The topological polar surface area (TPSA) is 32.8 Å². The van der Waals surface area contributed by atoms with E-state index < -0.39 is 0 Å². The number of hydrogen-bond donors (Lipinski definition) is 0. The molecule has 0 saturated carbocycles. The Kier molecular flexibility index (Phi) is 5.50. The van der Waals surface area contributed by atoms with Crippen LogP contribution in [-0.4, -0.2) is 43.6 Å². The molecule has 4 heteroatoms. The van der Waals surface area contributed by atoms with Gasteiger partial charge in [0.1, 0.15) is 5.75 Å². The molecule has 0 atom stereocenters. The molecule has 1 aliphatic heterocycles. The minimum absolute atomic E-state index is 0.0600. The van der Waals surface area contributed by atoms with Crippen molar-refractivity contribution in [3.63, 3.8) is 0 Å². The molecule has 3 rings (SSSR count). The van der Waals surface area contributed by atoms with Gasteiger partial charge in [0.05, 0.1) is 0 Å². The van der Waals surface area contributed by atoms with Gasteiger partial charge in [-0.1, -0.05) is 18.2 Å². The van der Waals surface area contributed by atoms with Crippen LogP contribution < -0.4 is 9.64 Å². The first-order valence-electron chi connectivity index (χ1n) is 9.24. The van der Waals surface area contributed by atoms with E-state index in [2.05, 4.69) is 43.0 Å². The molecule has 0 aliphatic carbocycles. The maximum atomic E-state index is 12.5. The zero-order valence-electron chi connectivity index (χ0n) is 16.2. The Bertz CT molecular complexity index is 772. The molecule has 0 N–H and O–H groups in total. The molecule has 0 radical (unpaired) electrons. The van der Waals surface area contributed by atoms with Crippen LogP contribution in [0.15, 0.2) is 36.4 Å². The van der Waals surface area contributed by atoms with Crippen molar-refractivity contribution in [2.24, 2.45) is 0 Å². The lowest BCUT2D eigenvalue weighted by molar-refractivity contribution is -0.133. The number of benzene rings is 2. The number of anilines is 1.